The molecule has 0 saturated carbocycles. The second-order valence-corrected chi connectivity index (χ2v) is 5.27. The Morgan fingerprint density at radius 3 is 2.75 bits per heavy atom. The van der Waals surface area contributed by atoms with Crippen LogP contribution < -0.4 is 16.0 Å². The number of rotatable bonds is 4. The zero-order valence-electron chi connectivity index (χ0n) is 9.71. The van der Waals surface area contributed by atoms with Crippen LogP contribution in [0.5, 0.6) is 11.6 Å². The largest absolute Gasteiger partial charge is 0.437 e. The molecule has 0 aliphatic heterocycles. The number of anilines is 1. The maximum atomic E-state index is 10.8. The molecule has 0 unspecified atom stereocenters. The lowest BCUT2D eigenvalue weighted by Crippen LogP contribution is -2.10. The van der Waals surface area contributed by atoms with Gasteiger partial charge in [0.2, 0.25) is 11.8 Å². The SMILES string of the molecule is NNc1ncc(Br)c(Oc2cc(Br)cc([N+](=O)[O-])c2)n1. The number of non-ortho nitro benzene ring substituents is 1. The molecule has 0 saturated heterocycles. The Morgan fingerprint density at radius 1 is 1.35 bits per heavy atom. The second-order valence-electron chi connectivity index (χ2n) is 3.50. The predicted molar refractivity (Wildman–Crippen MR) is 78.4 cm³/mol. The highest BCUT2D eigenvalue weighted by atomic mass is 79.9. The van der Waals surface area contributed by atoms with Crippen molar-refractivity contribution in [2.45, 2.75) is 0 Å². The van der Waals surface area contributed by atoms with Crippen LogP contribution in [0.4, 0.5) is 11.6 Å². The fourth-order valence-corrected chi connectivity index (χ4v) is 2.05. The molecular weight excluding hydrogens is 398 g/mol. The molecule has 0 spiro atoms. The normalized spacial score (nSPS) is 10.2. The fraction of sp³-hybridized carbons (Fsp3) is 0. The number of aromatic nitrogens is 2. The molecule has 20 heavy (non-hydrogen) atoms. The molecule has 2 aromatic rings. The first-order valence-corrected chi connectivity index (χ1v) is 6.70. The number of ether oxygens (including phenoxy) is 1. The third kappa shape index (κ3) is 3.40. The maximum Gasteiger partial charge on any atom is 0.274 e. The van der Waals surface area contributed by atoms with Gasteiger partial charge in [0.05, 0.1) is 21.7 Å². The predicted octanol–water partition coefficient (Wildman–Crippen LogP) is 2.99. The number of hydrogen-bond acceptors (Lipinski definition) is 7. The highest BCUT2D eigenvalue weighted by Gasteiger charge is 2.12. The number of nitrogens with one attached hydrogen (secondary N) is 1. The summed E-state index contributed by atoms with van der Waals surface area (Å²) in [7, 11) is 0. The Labute approximate surface area is 129 Å². The summed E-state index contributed by atoms with van der Waals surface area (Å²) in [6.07, 6.45) is 1.45. The summed E-state index contributed by atoms with van der Waals surface area (Å²) in [5.41, 5.74) is 2.18. The van der Waals surface area contributed by atoms with E-state index in [1.54, 1.807) is 6.07 Å². The van der Waals surface area contributed by atoms with Crippen LogP contribution >= 0.6 is 31.9 Å². The number of halogens is 2. The lowest BCUT2D eigenvalue weighted by Gasteiger charge is -2.08. The van der Waals surface area contributed by atoms with Crippen molar-refractivity contribution in [1.29, 1.82) is 0 Å². The van der Waals surface area contributed by atoms with Crippen molar-refractivity contribution in [2.24, 2.45) is 5.84 Å². The zero-order valence-corrected chi connectivity index (χ0v) is 12.9. The van der Waals surface area contributed by atoms with E-state index in [0.717, 1.165) is 0 Å². The highest BCUT2D eigenvalue weighted by molar-refractivity contribution is 9.10. The fourth-order valence-electron chi connectivity index (χ4n) is 1.32. The Bertz CT molecular complexity index is 667. The Morgan fingerprint density at radius 2 is 2.10 bits per heavy atom. The lowest BCUT2D eigenvalue weighted by molar-refractivity contribution is -0.385. The molecule has 1 heterocycles. The average Bonchev–Trinajstić information content (AvgIpc) is 2.40. The molecule has 1 aromatic carbocycles. The summed E-state index contributed by atoms with van der Waals surface area (Å²) in [4.78, 5) is 18.1. The van der Waals surface area contributed by atoms with Crippen molar-refractivity contribution in [2.75, 3.05) is 5.43 Å². The van der Waals surface area contributed by atoms with Crippen molar-refractivity contribution in [3.63, 3.8) is 0 Å². The van der Waals surface area contributed by atoms with Crippen LogP contribution in [0.2, 0.25) is 0 Å². The van der Waals surface area contributed by atoms with Crippen LogP contribution in [-0.4, -0.2) is 14.9 Å². The van der Waals surface area contributed by atoms with Gasteiger partial charge < -0.3 is 4.74 Å². The summed E-state index contributed by atoms with van der Waals surface area (Å²) in [5.74, 6) is 5.81. The van der Waals surface area contributed by atoms with Gasteiger partial charge in [-0.2, -0.15) is 4.98 Å². The Hall–Kier alpha value is -1.78. The van der Waals surface area contributed by atoms with Crippen LogP contribution in [0.25, 0.3) is 0 Å². The minimum absolute atomic E-state index is 0.100. The van der Waals surface area contributed by atoms with E-state index in [1.165, 1.54) is 18.3 Å². The van der Waals surface area contributed by atoms with E-state index in [-0.39, 0.29) is 23.3 Å². The number of benzene rings is 1. The van der Waals surface area contributed by atoms with E-state index in [9.17, 15) is 10.1 Å². The molecule has 0 atom stereocenters. The molecule has 0 bridgehead atoms. The van der Waals surface area contributed by atoms with E-state index in [0.29, 0.717) is 8.95 Å². The highest BCUT2D eigenvalue weighted by Crippen LogP contribution is 2.32. The van der Waals surface area contributed by atoms with Crippen LogP contribution in [0.3, 0.4) is 0 Å². The number of nitrogens with two attached hydrogens (primary N) is 1. The first-order chi connectivity index (χ1) is 9.49. The number of hydrogen-bond donors (Lipinski definition) is 2. The summed E-state index contributed by atoms with van der Waals surface area (Å²) in [6.45, 7) is 0. The van der Waals surface area contributed by atoms with Gasteiger partial charge in [0.25, 0.3) is 5.69 Å². The smallest absolute Gasteiger partial charge is 0.274 e. The van der Waals surface area contributed by atoms with Crippen molar-refractivity contribution in [1.82, 2.24) is 9.97 Å². The van der Waals surface area contributed by atoms with Crippen LogP contribution in [0.1, 0.15) is 0 Å². The molecule has 0 aliphatic rings. The molecule has 2 rings (SSSR count). The number of nitrogens with zero attached hydrogens (tertiary/aromatic N) is 3. The van der Waals surface area contributed by atoms with Gasteiger partial charge in [-0.1, -0.05) is 15.9 Å². The quantitative estimate of drug-likeness (QED) is 0.457. The topological polar surface area (TPSA) is 116 Å². The number of nitro benzene ring substituents is 1. The van der Waals surface area contributed by atoms with Crippen molar-refractivity contribution < 1.29 is 9.66 Å². The number of hydrazine groups is 1. The van der Waals surface area contributed by atoms with Gasteiger partial charge in [-0.25, -0.2) is 10.8 Å². The van der Waals surface area contributed by atoms with Gasteiger partial charge in [0.15, 0.2) is 0 Å². The third-order valence-electron chi connectivity index (χ3n) is 2.12. The molecule has 0 aliphatic carbocycles. The molecule has 3 N–H and O–H groups in total. The van der Waals surface area contributed by atoms with E-state index in [4.69, 9.17) is 10.6 Å². The molecule has 0 amide bonds. The lowest BCUT2D eigenvalue weighted by atomic mass is 10.3. The first-order valence-electron chi connectivity index (χ1n) is 5.11. The van der Waals surface area contributed by atoms with Crippen molar-refractivity contribution >= 4 is 43.5 Å². The van der Waals surface area contributed by atoms with Gasteiger partial charge in [0, 0.05) is 10.5 Å². The van der Waals surface area contributed by atoms with Gasteiger partial charge in [-0.15, -0.1) is 0 Å². The first kappa shape index (κ1) is 14.6. The van der Waals surface area contributed by atoms with E-state index >= 15 is 0 Å². The Balaban J connectivity index is 2.36. The summed E-state index contributed by atoms with van der Waals surface area (Å²) < 4.78 is 6.50. The molecular formula is C10H7Br2N5O3. The molecule has 10 heteroatoms. The van der Waals surface area contributed by atoms with E-state index in [2.05, 4.69) is 47.3 Å². The monoisotopic (exact) mass is 403 g/mol. The molecule has 104 valence electrons. The second kappa shape index (κ2) is 6.11. The van der Waals surface area contributed by atoms with Crippen LogP contribution in [-0.2, 0) is 0 Å². The number of nitrogen functional groups attached to an aromatic ring is 1. The third-order valence-corrected chi connectivity index (χ3v) is 3.12. The summed E-state index contributed by atoms with van der Waals surface area (Å²) in [5, 5.41) is 10.8. The van der Waals surface area contributed by atoms with Gasteiger partial charge >= 0.3 is 0 Å². The number of nitro groups is 1. The molecule has 0 radical (unpaired) electrons. The van der Waals surface area contributed by atoms with Crippen LogP contribution in [0.15, 0.2) is 33.3 Å². The van der Waals surface area contributed by atoms with Crippen molar-refractivity contribution in [3.05, 3.63) is 43.5 Å². The summed E-state index contributed by atoms with van der Waals surface area (Å²) >= 11 is 6.40. The standard InChI is InChI=1S/C10H7Br2N5O3/c11-5-1-6(17(18)19)3-7(2-5)20-9-8(12)4-14-10(15-9)16-13/h1-4H,13H2,(H,14,15,16). The minimum Gasteiger partial charge on any atom is -0.437 e. The zero-order chi connectivity index (χ0) is 14.7. The molecule has 8 nitrogen and oxygen atoms in total. The van der Waals surface area contributed by atoms with Gasteiger partial charge in [-0.3, -0.25) is 15.5 Å². The molecule has 1 aromatic heterocycles. The van der Waals surface area contributed by atoms with Gasteiger partial charge in [0.1, 0.15) is 5.75 Å². The summed E-state index contributed by atoms with van der Waals surface area (Å²) in [6, 6.07) is 4.24. The van der Waals surface area contributed by atoms with Crippen molar-refractivity contribution in [3.8, 4) is 11.6 Å². The maximum absolute atomic E-state index is 10.8. The molecule has 0 fully saturated rings. The van der Waals surface area contributed by atoms with Crippen LogP contribution in [0, 0.1) is 10.1 Å². The minimum atomic E-state index is -0.514. The average molecular weight is 405 g/mol. The van der Waals surface area contributed by atoms with E-state index in [1.807, 2.05) is 0 Å². The van der Waals surface area contributed by atoms with Gasteiger partial charge in [-0.05, 0) is 22.0 Å². The van der Waals surface area contributed by atoms with E-state index < -0.39 is 4.92 Å². The Kier molecular flexibility index (Phi) is 4.47.